The highest BCUT2D eigenvalue weighted by atomic mass is 16.5. The summed E-state index contributed by atoms with van der Waals surface area (Å²) in [6.45, 7) is 1.99. The Morgan fingerprint density at radius 1 is 1.12 bits per heavy atom. The molecule has 1 unspecified atom stereocenters. The number of rotatable bonds is 3. The summed E-state index contributed by atoms with van der Waals surface area (Å²) in [5.74, 6) is 0.715. The van der Waals surface area contributed by atoms with Gasteiger partial charge in [-0.25, -0.2) is 0 Å². The van der Waals surface area contributed by atoms with E-state index in [0.29, 0.717) is 11.4 Å². The van der Waals surface area contributed by atoms with Crippen LogP contribution in [-0.4, -0.2) is 4.98 Å². The Hall–Kier alpha value is -2.03. The Labute approximate surface area is 94.9 Å². The number of pyridine rings is 1. The van der Waals surface area contributed by atoms with Crippen LogP contribution in [0.2, 0.25) is 0 Å². The average Bonchev–Trinajstić information content (AvgIpc) is 2.33. The number of anilines is 1. The van der Waals surface area contributed by atoms with E-state index in [9.17, 15) is 0 Å². The van der Waals surface area contributed by atoms with Gasteiger partial charge in [0.1, 0.15) is 11.9 Å². The van der Waals surface area contributed by atoms with E-state index in [4.69, 9.17) is 10.5 Å². The van der Waals surface area contributed by atoms with E-state index < -0.39 is 0 Å². The summed E-state index contributed by atoms with van der Waals surface area (Å²) in [4.78, 5) is 3.97. The Balaban J connectivity index is 2.14. The maximum Gasteiger partial charge on any atom is 0.143 e. The minimum Gasteiger partial charge on any atom is -0.484 e. The van der Waals surface area contributed by atoms with E-state index in [-0.39, 0.29) is 6.10 Å². The van der Waals surface area contributed by atoms with Gasteiger partial charge in [-0.1, -0.05) is 12.1 Å². The highest BCUT2D eigenvalue weighted by Crippen LogP contribution is 2.26. The number of nitrogens with two attached hydrogens (primary N) is 1. The molecule has 0 spiro atoms. The molecule has 2 aromatic rings. The topological polar surface area (TPSA) is 48.1 Å². The van der Waals surface area contributed by atoms with Crippen LogP contribution in [0.5, 0.6) is 5.75 Å². The Morgan fingerprint density at radius 3 is 2.50 bits per heavy atom. The Bertz CT molecular complexity index is 456. The summed E-state index contributed by atoms with van der Waals surface area (Å²) in [7, 11) is 0. The first kappa shape index (κ1) is 10.5. The molecule has 0 saturated carbocycles. The van der Waals surface area contributed by atoms with Gasteiger partial charge >= 0.3 is 0 Å². The summed E-state index contributed by atoms with van der Waals surface area (Å²) in [5, 5.41) is 0. The molecule has 0 aliphatic carbocycles. The summed E-state index contributed by atoms with van der Waals surface area (Å²) < 4.78 is 5.78. The second-order valence-electron chi connectivity index (χ2n) is 3.58. The summed E-state index contributed by atoms with van der Waals surface area (Å²) in [6.07, 6.45) is 3.47. The van der Waals surface area contributed by atoms with Gasteiger partial charge in [-0.05, 0) is 36.8 Å². The van der Waals surface area contributed by atoms with Gasteiger partial charge in [0, 0.05) is 12.4 Å². The quantitative estimate of drug-likeness (QED) is 0.799. The lowest BCUT2D eigenvalue weighted by Crippen LogP contribution is -2.04. The maximum atomic E-state index is 5.81. The lowest BCUT2D eigenvalue weighted by molar-refractivity contribution is 0.228. The molecule has 0 fully saturated rings. The molecule has 82 valence electrons. The molecule has 1 aromatic heterocycles. The molecule has 0 amide bonds. The fourth-order valence-electron chi connectivity index (χ4n) is 1.48. The molecule has 3 nitrogen and oxygen atoms in total. The van der Waals surface area contributed by atoms with Crippen molar-refractivity contribution in [2.45, 2.75) is 13.0 Å². The van der Waals surface area contributed by atoms with Crippen LogP contribution in [0.1, 0.15) is 18.6 Å². The number of nitrogen functional groups attached to an aromatic ring is 1. The van der Waals surface area contributed by atoms with Gasteiger partial charge in [-0.3, -0.25) is 4.98 Å². The number of para-hydroxylation sites is 2. The van der Waals surface area contributed by atoms with Crippen LogP contribution in [-0.2, 0) is 0 Å². The summed E-state index contributed by atoms with van der Waals surface area (Å²) in [5.41, 5.74) is 7.55. The fraction of sp³-hybridized carbons (Fsp3) is 0.154. The van der Waals surface area contributed by atoms with E-state index in [1.807, 2.05) is 43.3 Å². The Kier molecular flexibility index (Phi) is 3.05. The molecule has 0 aliphatic rings. The molecule has 0 saturated heterocycles. The first-order valence-corrected chi connectivity index (χ1v) is 5.18. The van der Waals surface area contributed by atoms with Crippen LogP contribution in [0.25, 0.3) is 0 Å². The van der Waals surface area contributed by atoms with Crippen molar-refractivity contribution in [2.75, 3.05) is 5.73 Å². The number of nitrogens with zero attached hydrogens (tertiary/aromatic N) is 1. The van der Waals surface area contributed by atoms with Crippen LogP contribution < -0.4 is 10.5 Å². The largest absolute Gasteiger partial charge is 0.484 e. The van der Waals surface area contributed by atoms with Crippen LogP contribution in [0.15, 0.2) is 48.8 Å². The molecule has 0 radical (unpaired) electrons. The van der Waals surface area contributed by atoms with Crippen LogP contribution in [0.4, 0.5) is 5.69 Å². The van der Waals surface area contributed by atoms with Crippen LogP contribution in [0.3, 0.4) is 0 Å². The first-order chi connectivity index (χ1) is 7.77. The molecule has 0 aliphatic heterocycles. The van der Waals surface area contributed by atoms with Gasteiger partial charge in [0.25, 0.3) is 0 Å². The summed E-state index contributed by atoms with van der Waals surface area (Å²) in [6, 6.07) is 11.4. The maximum absolute atomic E-state index is 5.81. The van der Waals surface area contributed by atoms with Gasteiger partial charge in [0.05, 0.1) is 5.69 Å². The molecule has 1 heterocycles. The van der Waals surface area contributed by atoms with Crippen LogP contribution in [0, 0.1) is 0 Å². The van der Waals surface area contributed by atoms with Gasteiger partial charge in [0.15, 0.2) is 0 Å². The predicted octanol–water partition coefficient (Wildman–Crippen LogP) is 2.80. The minimum atomic E-state index is -0.0345. The molecule has 1 aromatic carbocycles. The molecule has 2 rings (SSSR count). The third kappa shape index (κ3) is 2.31. The number of hydrogen-bond acceptors (Lipinski definition) is 3. The molecule has 0 bridgehead atoms. The third-order valence-corrected chi connectivity index (χ3v) is 2.40. The normalized spacial score (nSPS) is 12.1. The van der Waals surface area contributed by atoms with Crippen molar-refractivity contribution >= 4 is 5.69 Å². The number of hydrogen-bond donors (Lipinski definition) is 1. The van der Waals surface area contributed by atoms with E-state index in [1.54, 1.807) is 12.4 Å². The zero-order chi connectivity index (χ0) is 11.4. The van der Waals surface area contributed by atoms with Gasteiger partial charge in [0.2, 0.25) is 0 Å². The molecule has 16 heavy (non-hydrogen) atoms. The van der Waals surface area contributed by atoms with Crippen molar-refractivity contribution in [3.8, 4) is 5.75 Å². The lowest BCUT2D eigenvalue weighted by Gasteiger charge is -2.16. The van der Waals surface area contributed by atoms with Crippen LogP contribution >= 0.6 is 0 Å². The van der Waals surface area contributed by atoms with Crippen molar-refractivity contribution in [3.05, 3.63) is 54.4 Å². The second-order valence-corrected chi connectivity index (χ2v) is 3.58. The molecule has 2 N–H and O–H groups in total. The number of aromatic nitrogens is 1. The standard InChI is InChI=1S/C13H14N2O/c1-10(11-6-8-15-9-7-11)16-13-5-3-2-4-12(13)14/h2-10H,14H2,1H3. The molecular weight excluding hydrogens is 200 g/mol. The van der Waals surface area contributed by atoms with Crippen molar-refractivity contribution in [2.24, 2.45) is 0 Å². The minimum absolute atomic E-state index is 0.0345. The van der Waals surface area contributed by atoms with Crippen molar-refractivity contribution in [1.29, 1.82) is 0 Å². The average molecular weight is 214 g/mol. The second kappa shape index (κ2) is 4.66. The van der Waals surface area contributed by atoms with E-state index >= 15 is 0 Å². The fourth-order valence-corrected chi connectivity index (χ4v) is 1.48. The smallest absolute Gasteiger partial charge is 0.143 e. The predicted molar refractivity (Wildman–Crippen MR) is 64.1 cm³/mol. The zero-order valence-electron chi connectivity index (χ0n) is 9.13. The van der Waals surface area contributed by atoms with Gasteiger partial charge in [-0.15, -0.1) is 0 Å². The summed E-state index contributed by atoms with van der Waals surface area (Å²) >= 11 is 0. The van der Waals surface area contributed by atoms with Gasteiger partial charge in [-0.2, -0.15) is 0 Å². The first-order valence-electron chi connectivity index (χ1n) is 5.18. The number of ether oxygens (including phenoxy) is 1. The van der Waals surface area contributed by atoms with Crippen molar-refractivity contribution in [1.82, 2.24) is 4.98 Å². The van der Waals surface area contributed by atoms with Crippen molar-refractivity contribution < 1.29 is 4.74 Å². The molecule has 3 heteroatoms. The Morgan fingerprint density at radius 2 is 1.81 bits per heavy atom. The van der Waals surface area contributed by atoms with E-state index in [2.05, 4.69) is 4.98 Å². The number of benzene rings is 1. The lowest BCUT2D eigenvalue weighted by atomic mass is 10.2. The highest BCUT2D eigenvalue weighted by Gasteiger charge is 2.08. The van der Waals surface area contributed by atoms with E-state index in [0.717, 1.165) is 5.56 Å². The van der Waals surface area contributed by atoms with Crippen molar-refractivity contribution in [3.63, 3.8) is 0 Å². The third-order valence-electron chi connectivity index (χ3n) is 2.40. The monoisotopic (exact) mass is 214 g/mol. The zero-order valence-corrected chi connectivity index (χ0v) is 9.13. The SMILES string of the molecule is CC(Oc1ccccc1N)c1ccncc1. The van der Waals surface area contributed by atoms with E-state index in [1.165, 1.54) is 0 Å². The highest BCUT2D eigenvalue weighted by molar-refractivity contribution is 5.52. The molecular formula is C13H14N2O. The van der Waals surface area contributed by atoms with Gasteiger partial charge < -0.3 is 10.5 Å². The molecule has 1 atom stereocenters.